The van der Waals surface area contributed by atoms with E-state index in [4.69, 9.17) is 9.47 Å². The lowest BCUT2D eigenvalue weighted by atomic mass is 10.1. The average Bonchev–Trinajstić information content (AvgIpc) is 2.61. The highest BCUT2D eigenvalue weighted by atomic mass is 16.5. The molecule has 3 nitrogen and oxygen atoms in total. The minimum absolute atomic E-state index is 0.773. The zero-order valence-electron chi connectivity index (χ0n) is 16.0. The van der Waals surface area contributed by atoms with Crippen LogP contribution >= 0.6 is 0 Å². The highest BCUT2D eigenvalue weighted by molar-refractivity contribution is 5.42. The average molecular weight is 336 g/mol. The van der Waals surface area contributed by atoms with Gasteiger partial charge in [-0.1, -0.05) is 64.9 Å². The Balaban J connectivity index is 2.30. The molecule has 3 heteroatoms. The maximum atomic E-state index is 5.89. The van der Waals surface area contributed by atoms with Crippen LogP contribution in [0.5, 0.6) is 11.5 Å². The number of benzene rings is 1. The standard InChI is InChI=1S/C21H37NO2/c1-4-6-8-10-12-16-24-20-14-13-19(17-21(20)23-3)18-22-15-11-9-7-5-2/h13-14,17,22H,4-12,15-16,18H2,1-3H3. The summed E-state index contributed by atoms with van der Waals surface area (Å²) in [5.41, 5.74) is 1.25. The molecule has 0 aliphatic heterocycles. The van der Waals surface area contributed by atoms with Crippen LogP contribution in [0.3, 0.4) is 0 Å². The molecule has 0 atom stereocenters. The van der Waals surface area contributed by atoms with Gasteiger partial charge in [0, 0.05) is 6.54 Å². The third kappa shape index (κ3) is 9.17. The second-order valence-corrected chi connectivity index (χ2v) is 6.49. The van der Waals surface area contributed by atoms with Gasteiger partial charge in [-0.15, -0.1) is 0 Å². The van der Waals surface area contributed by atoms with Gasteiger partial charge in [0.2, 0.25) is 0 Å². The van der Waals surface area contributed by atoms with Crippen LogP contribution in [0.1, 0.15) is 77.2 Å². The van der Waals surface area contributed by atoms with E-state index in [1.165, 1.54) is 56.9 Å². The Kier molecular flexibility index (Phi) is 12.3. The van der Waals surface area contributed by atoms with Gasteiger partial charge >= 0.3 is 0 Å². The van der Waals surface area contributed by atoms with Gasteiger partial charge in [0.25, 0.3) is 0 Å². The smallest absolute Gasteiger partial charge is 0.161 e. The van der Waals surface area contributed by atoms with E-state index >= 15 is 0 Å². The summed E-state index contributed by atoms with van der Waals surface area (Å²) >= 11 is 0. The second-order valence-electron chi connectivity index (χ2n) is 6.49. The lowest BCUT2D eigenvalue weighted by Crippen LogP contribution is -2.14. The van der Waals surface area contributed by atoms with Crippen molar-refractivity contribution < 1.29 is 9.47 Å². The molecule has 0 bridgehead atoms. The molecule has 0 radical (unpaired) electrons. The molecule has 0 unspecified atom stereocenters. The maximum absolute atomic E-state index is 5.89. The molecule has 24 heavy (non-hydrogen) atoms. The summed E-state index contributed by atoms with van der Waals surface area (Å²) in [5, 5.41) is 3.51. The minimum atomic E-state index is 0.773. The van der Waals surface area contributed by atoms with E-state index in [0.717, 1.165) is 37.6 Å². The van der Waals surface area contributed by atoms with Crippen molar-refractivity contribution in [2.24, 2.45) is 0 Å². The molecule has 1 aromatic carbocycles. The minimum Gasteiger partial charge on any atom is -0.493 e. The number of rotatable bonds is 15. The van der Waals surface area contributed by atoms with Crippen LogP contribution in [0, 0.1) is 0 Å². The predicted octanol–water partition coefficient (Wildman–Crippen LogP) is 5.71. The van der Waals surface area contributed by atoms with Gasteiger partial charge in [-0.3, -0.25) is 0 Å². The molecular formula is C21H37NO2. The third-order valence-corrected chi connectivity index (χ3v) is 4.27. The molecule has 138 valence electrons. The summed E-state index contributed by atoms with van der Waals surface area (Å²) < 4.78 is 11.4. The first-order chi connectivity index (χ1) is 11.8. The van der Waals surface area contributed by atoms with E-state index in [0.29, 0.717) is 0 Å². The molecule has 0 aliphatic carbocycles. The molecule has 0 aliphatic rings. The zero-order chi connectivity index (χ0) is 17.5. The Morgan fingerprint density at radius 3 is 2.25 bits per heavy atom. The molecule has 1 rings (SSSR count). The van der Waals surface area contributed by atoms with E-state index in [9.17, 15) is 0 Å². The quantitative estimate of drug-likeness (QED) is 0.416. The summed E-state index contributed by atoms with van der Waals surface area (Å²) in [5.74, 6) is 1.70. The highest BCUT2D eigenvalue weighted by Crippen LogP contribution is 2.28. The van der Waals surface area contributed by atoms with Gasteiger partial charge in [-0.2, -0.15) is 0 Å². The number of hydrogen-bond donors (Lipinski definition) is 1. The van der Waals surface area contributed by atoms with Crippen molar-refractivity contribution in [2.45, 2.75) is 78.2 Å². The van der Waals surface area contributed by atoms with E-state index in [1.54, 1.807) is 7.11 Å². The lowest BCUT2D eigenvalue weighted by molar-refractivity contribution is 0.284. The van der Waals surface area contributed by atoms with Gasteiger partial charge in [-0.05, 0) is 37.1 Å². The van der Waals surface area contributed by atoms with Crippen molar-refractivity contribution in [1.29, 1.82) is 0 Å². The van der Waals surface area contributed by atoms with Crippen LogP contribution in [0.4, 0.5) is 0 Å². The molecule has 0 spiro atoms. The second kappa shape index (κ2) is 14.2. The summed E-state index contributed by atoms with van der Waals surface area (Å²) in [7, 11) is 1.71. The van der Waals surface area contributed by atoms with E-state index < -0.39 is 0 Å². The van der Waals surface area contributed by atoms with Crippen molar-refractivity contribution in [3.63, 3.8) is 0 Å². The normalized spacial score (nSPS) is 10.8. The van der Waals surface area contributed by atoms with Gasteiger partial charge in [0.1, 0.15) is 0 Å². The number of ether oxygens (including phenoxy) is 2. The van der Waals surface area contributed by atoms with Crippen molar-refractivity contribution >= 4 is 0 Å². The summed E-state index contributed by atoms with van der Waals surface area (Å²) in [6.45, 7) is 7.23. The van der Waals surface area contributed by atoms with E-state index in [2.05, 4.69) is 31.3 Å². The summed E-state index contributed by atoms with van der Waals surface area (Å²) in [6, 6.07) is 6.26. The number of hydrogen-bond acceptors (Lipinski definition) is 3. The zero-order valence-corrected chi connectivity index (χ0v) is 16.0. The van der Waals surface area contributed by atoms with Crippen molar-refractivity contribution in [3.8, 4) is 11.5 Å². The molecule has 0 amide bonds. The van der Waals surface area contributed by atoms with Crippen molar-refractivity contribution in [3.05, 3.63) is 23.8 Å². The lowest BCUT2D eigenvalue weighted by Gasteiger charge is -2.13. The van der Waals surface area contributed by atoms with Crippen LogP contribution in [-0.2, 0) is 6.54 Å². The van der Waals surface area contributed by atoms with E-state index in [-0.39, 0.29) is 0 Å². The summed E-state index contributed by atoms with van der Waals surface area (Å²) in [4.78, 5) is 0. The fraction of sp³-hybridized carbons (Fsp3) is 0.714. The molecule has 0 saturated carbocycles. The van der Waals surface area contributed by atoms with Gasteiger partial charge < -0.3 is 14.8 Å². The molecule has 0 fully saturated rings. The first kappa shape index (κ1) is 20.8. The van der Waals surface area contributed by atoms with Crippen LogP contribution < -0.4 is 14.8 Å². The van der Waals surface area contributed by atoms with Crippen LogP contribution in [0.2, 0.25) is 0 Å². The Bertz CT molecular complexity index is 420. The number of methoxy groups -OCH3 is 1. The molecule has 1 N–H and O–H groups in total. The van der Waals surface area contributed by atoms with Crippen LogP contribution in [-0.4, -0.2) is 20.3 Å². The largest absolute Gasteiger partial charge is 0.493 e. The van der Waals surface area contributed by atoms with Crippen LogP contribution in [0.15, 0.2) is 18.2 Å². The molecule has 0 saturated heterocycles. The third-order valence-electron chi connectivity index (χ3n) is 4.27. The fourth-order valence-corrected chi connectivity index (χ4v) is 2.74. The van der Waals surface area contributed by atoms with Gasteiger partial charge in [0.05, 0.1) is 13.7 Å². The fourth-order valence-electron chi connectivity index (χ4n) is 2.74. The SMILES string of the molecule is CCCCCCCOc1ccc(CNCCCCCC)cc1OC. The predicted molar refractivity (Wildman–Crippen MR) is 103 cm³/mol. The van der Waals surface area contributed by atoms with Crippen molar-refractivity contribution in [2.75, 3.05) is 20.3 Å². The Hall–Kier alpha value is -1.22. The molecule has 0 heterocycles. The molecular weight excluding hydrogens is 298 g/mol. The number of unbranched alkanes of at least 4 members (excludes halogenated alkanes) is 7. The highest BCUT2D eigenvalue weighted by Gasteiger charge is 2.05. The maximum Gasteiger partial charge on any atom is 0.161 e. The van der Waals surface area contributed by atoms with Crippen molar-refractivity contribution in [1.82, 2.24) is 5.32 Å². The Morgan fingerprint density at radius 2 is 1.54 bits per heavy atom. The topological polar surface area (TPSA) is 30.5 Å². The molecule has 0 aromatic heterocycles. The van der Waals surface area contributed by atoms with E-state index in [1.807, 2.05) is 6.07 Å². The first-order valence-electron chi connectivity index (χ1n) is 9.82. The molecule has 1 aromatic rings. The van der Waals surface area contributed by atoms with Crippen LogP contribution in [0.25, 0.3) is 0 Å². The van der Waals surface area contributed by atoms with Gasteiger partial charge in [0.15, 0.2) is 11.5 Å². The monoisotopic (exact) mass is 335 g/mol. The Morgan fingerprint density at radius 1 is 0.833 bits per heavy atom. The number of nitrogens with one attached hydrogen (secondary N) is 1. The van der Waals surface area contributed by atoms with Gasteiger partial charge in [-0.25, -0.2) is 0 Å². The summed E-state index contributed by atoms with van der Waals surface area (Å²) in [6.07, 6.45) is 11.5. The first-order valence-corrected chi connectivity index (χ1v) is 9.82. The Labute approximate surface area is 149 Å².